The lowest BCUT2D eigenvalue weighted by Crippen LogP contribution is -2.49. The second kappa shape index (κ2) is 8.32. The first-order valence-corrected chi connectivity index (χ1v) is 10.8. The van der Waals surface area contributed by atoms with Crippen molar-refractivity contribution in [1.29, 1.82) is 0 Å². The Bertz CT molecular complexity index is 920. The van der Waals surface area contributed by atoms with Gasteiger partial charge < -0.3 is 9.84 Å². The highest BCUT2D eigenvalue weighted by Gasteiger charge is 2.40. The van der Waals surface area contributed by atoms with Crippen molar-refractivity contribution in [1.82, 2.24) is 14.3 Å². The predicted octanol–water partition coefficient (Wildman–Crippen LogP) is 1.84. The number of carbonyl (C=O) groups is 1. The Hall–Kier alpha value is -2.04. The molecule has 0 radical (unpaired) electrons. The number of ether oxygens (including phenoxy) is 1. The van der Waals surface area contributed by atoms with Crippen LogP contribution < -0.4 is 4.74 Å². The van der Waals surface area contributed by atoms with Crippen LogP contribution in [-0.4, -0.2) is 51.7 Å². The number of fused-ring (bicyclic) bond motifs is 1. The highest BCUT2D eigenvalue weighted by atomic mass is 79.9. The van der Waals surface area contributed by atoms with E-state index in [9.17, 15) is 18.3 Å². The predicted molar refractivity (Wildman–Crippen MR) is 100 cm³/mol. The molecule has 10 heteroatoms. The topological polar surface area (TPSA) is 110 Å². The van der Waals surface area contributed by atoms with E-state index in [4.69, 9.17) is 4.74 Å². The van der Waals surface area contributed by atoms with Crippen molar-refractivity contribution in [3.63, 3.8) is 0 Å². The van der Waals surface area contributed by atoms with E-state index in [2.05, 4.69) is 25.9 Å². The smallest absolute Gasteiger partial charge is 0.322 e. The summed E-state index contributed by atoms with van der Waals surface area (Å²) in [4.78, 5) is 19.9. The highest BCUT2D eigenvalue weighted by Crippen LogP contribution is 2.28. The van der Waals surface area contributed by atoms with Gasteiger partial charge in [-0.1, -0.05) is 15.9 Å². The molecule has 8 nitrogen and oxygen atoms in total. The van der Waals surface area contributed by atoms with Crippen molar-refractivity contribution < 1.29 is 23.1 Å². The number of benzene rings is 1. The molecule has 0 bridgehead atoms. The summed E-state index contributed by atoms with van der Waals surface area (Å²) < 4.78 is 32.6. The van der Waals surface area contributed by atoms with E-state index < -0.39 is 22.0 Å². The monoisotopic (exact) mass is 455 g/mol. The zero-order valence-corrected chi connectivity index (χ0v) is 16.7. The molecule has 0 aliphatic carbocycles. The third-order valence-electron chi connectivity index (χ3n) is 4.16. The third-order valence-corrected chi connectivity index (χ3v) is 6.59. The summed E-state index contributed by atoms with van der Waals surface area (Å²) in [6, 6.07) is 4.74. The zero-order chi connectivity index (χ0) is 19.4. The molecule has 2 aromatic rings. The number of hydrogen-bond donors (Lipinski definition) is 1. The lowest BCUT2D eigenvalue weighted by atomic mass is 10.1. The molecule has 1 aromatic carbocycles. The van der Waals surface area contributed by atoms with Gasteiger partial charge in [0.15, 0.2) is 0 Å². The SMILES string of the molecule is O=C(O)[C@H]1Cc2nccnc2CN1S(=O)(=O)c1ccc(OCCCBr)cc1. The molecule has 27 heavy (non-hydrogen) atoms. The molecule has 1 aromatic heterocycles. The first-order valence-electron chi connectivity index (χ1n) is 8.25. The second-order valence-electron chi connectivity index (χ2n) is 5.92. The second-order valence-corrected chi connectivity index (χ2v) is 8.60. The van der Waals surface area contributed by atoms with Crippen molar-refractivity contribution in [3.05, 3.63) is 48.0 Å². The zero-order valence-electron chi connectivity index (χ0n) is 14.3. The Morgan fingerprint density at radius 3 is 2.52 bits per heavy atom. The van der Waals surface area contributed by atoms with Crippen LogP contribution >= 0.6 is 15.9 Å². The molecule has 0 fully saturated rings. The molecule has 0 saturated carbocycles. The molecule has 0 unspecified atom stereocenters. The molecular weight excluding hydrogens is 438 g/mol. The Kier molecular flexibility index (Phi) is 6.08. The summed E-state index contributed by atoms with van der Waals surface area (Å²) in [6.07, 6.45) is 3.74. The minimum atomic E-state index is -4.02. The van der Waals surface area contributed by atoms with Crippen molar-refractivity contribution >= 4 is 31.9 Å². The maximum absolute atomic E-state index is 13.1. The number of hydrogen-bond acceptors (Lipinski definition) is 6. The van der Waals surface area contributed by atoms with Crippen LogP contribution in [0, 0.1) is 0 Å². The van der Waals surface area contributed by atoms with E-state index in [-0.39, 0.29) is 17.9 Å². The largest absolute Gasteiger partial charge is 0.494 e. The first-order chi connectivity index (χ1) is 12.9. The van der Waals surface area contributed by atoms with Gasteiger partial charge in [-0.2, -0.15) is 4.31 Å². The summed E-state index contributed by atoms with van der Waals surface area (Å²) in [5.41, 5.74) is 0.972. The molecule has 1 aliphatic rings. The van der Waals surface area contributed by atoms with Crippen LogP contribution in [0.3, 0.4) is 0 Å². The normalized spacial score (nSPS) is 17.3. The molecule has 3 rings (SSSR count). The minimum absolute atomic E-state index is 0.00827. The number of aliphatic carboxylic acids is 1. The Labute approximate surface area is 165 Å². The third kappa shape index (κ3) is 4.28. The number of carboxylic acid groups (broad SMARTS) is 1. The van der Waals surface area contributed by atoms with Crippen molar-refractivity contribution in [3.8, 4) is 5.75 Å². The van der Waals surface area contributed by atoms with E-state index in [1.807, 2.05) is 0 Å². The molecule has 1 aliphatic heterocycles. The lowest BCUT2D eigenvalue weighted by molar-refractivity contribution is -0.141. The quantitative estimate of drug-likeness (QED) is 0.500. The number of carboxylic acids is 1. The number of halogens is 1. The van der Waals surface area contributed by atoms with Crippen LogP contribution in [0.2, 0.25) is 0 Å². The number of alkyl halides is 1. The van der Waals surface area contributed by atoms with Gasteiger partial charge in [0.1, 0.15) is 11.8 Å². The van der Waals surface area contributed by atoms with E-state index in [1.54, 1.807) is 12.1 Å². The van der Waals surface area contributed by atoms with Crippen molar-refractivity contribution in [2.24, 2.45) is 0 Å². The molecular formula is C17H18BrN3O5S. The van der Waals surface area contributed by atoms with Gasteiger partial charge in [0, 0.05) is 24.1 Å². The lowest BCUT2D eigenvalue weighted by Gasteiger charge is -2.32. The molecule has 1 atom stereocenters. The average Bonchev–Trinajstić information content (AvgIpc) is 2.67. The summed E-state index contributed by atoms with van der Waals surface area (Å²) in [5, 5.41) is 10.3. The number of sulfonamides is 1. The Morgan fingerprint density at radius 1 is 1.22 bits per heavy atom. The van der Waals surface area contributed by atoms with Crippen LogP contribution in [-0.2, 0) is 27.8 Å². The van der Waals surface area contributed by atoms with Gasteiger partial charge >= 0.3 is 5.97 Å². The van der Waals surface area contributed by atoms with Gasteiger partial charge in [-0.15, -0.1) is 0 Å². The molecule has 144 valence electrons. The fourth-order valence-corrected chi connectivity index (χ4v) is 4.56. The van der Waals surface area contributed by atoms with Crippen LogP contribution in [0.4, 0.5) is 0 Å². The van der Waals surface area contributed by atoms with Crippen LogP contribution in [0.1, 0.15) is 17.8 Å². The number of nitrogens with zero attached hydrogens (tertiary/aromatic N) is 3. The van der Waals surface area contributed by atoms with Crippen molar-refractivity contribution in [2.45, 2.75) is 30.3 Å². The fraction of sp³-hybridized carbons (Fsp3) is 0.353. The van der Waals surface area contributed by atoms with Gasteiger partial charge in [0.2, 0.25) is 10.0 Å². The fourth-order valence-electron chi connectivity index (χ4n) is 2.79. The molecule has 0 spiro atoms. The highest BCUT2D eigenvalue weighted by molar-refractivity contribution is 9.09. The maximum Gasteiger partial charge on any atom is 0.322 e. The van der Waals surface area contributed by atoms with E-state index >= 15 is 0 Å². The molecule has 2 heterocycles. The summed E-state index contributed by atoms with van der Waals surface area (Å²) >= 11 is 3.31. The van der Waals surface area contributed by atoms with Gasteiger partial charge in [0.05, 0.1) is 29.4 Å². The summed E-state index contributed by atoms with van der Waals surface area (Å²) in [5.74, 6) is -0.663. The minimum Gasteiger partial charge on any atom is -0.494 e. The Balaban J connectivity index is 1.87. The van der Waals surface area contributed by atoms with E-state index in [0.717, 1.165) is 16.1 Å². The molecule has 0 amide bonds. The number of rotatable bonds is 7. The van der Waals surface area contributed by atoms with Crippen LogP contribution in [0.5, 0.6) is 5.75 Å². The van der Waals surface area contributed by atoms with Crippen LogP contribution in [0.25, 0.3) is 0 Å². The van der Waals surface area contributed by atoms with Gasteiger partial charge in [-0.3, -0.25) is 14.8 Å². The Morgan fingerprint density at radius 2 is 1.89 bits per heavy atom. The van der Waals surface area contributed by atoms with E-state index in [1.165, 1.54) is 24.5 Å². The summed E-state index contributed by atoms with van der Waals surface area (Å²) in [7, 11) is -4.02. The standard InChI is InChI=1S/C17H18BrN3O5S/c18-6-1-9-26-12-2-4-13(5-3-12)27(24,25)21-11-15-14(19-7-8-20-15)10-16(21)17(22)23/h2-5,7-8,16H,1,6,9-11H2,(H,22,23)/t16-/m1/s1. The van der Waals surface area contributed by atoms with Crippen LogP contribution in [0.15, 0.2) is 41.6 Å². The van der Waals surface area contributed by atoms with Gasteiger partial charge in [0.25, 0.3) is 0 Å². The van der Waals surface area contributed by atoms with Gasteiger partial charge in [-0.25, -0.2) is 8.42 Å². The molecule has 1 N–H and O–H groups in total. The number of aromatic nitrogens is 2. The molecule has 0 saturated heterocycles. The van der Waals surface area contributed by atoms with E-state index in [0.29, 0.717) is 23.7 Å². The van der Waals surface area contributed by atoms with Gasteiger partial charge in [-0.05, 0) is 30.7 Å². The van der Waals surface area contributed by atoms with Crippen molar-refractivity contribution in [2.75, 3.05) is 11.9 Å². The average molecular weight is 456 g/mol. The summed E-state index contributed by atoms with van der Waals surface area (Å²) in [6.45, 7) is 0.381. The maximum atomic E-state index is 13.1. The first kappa shape index (κ1) is 19.7.